The summed E-state index contributed by atoms with van der Waals surface area (Å²) in [5.74, 6) is -0.587. The number of nitro benzene ring substituents is 1. The molecular formula is C20H22ClN3O4S. The summed E-state index contributed by atoms with van der Waals surface area (Å²) < 4.78 is 0. The molecule has 3 rings (SSSR count). The fourth-order valence-electron chi connectivity index (χ4n) is 3.22. The predicted molar refractivity (Wildman–Crippen MR) is 115 cm³/mol. The van der Waals surface area contributed by atoms with E-state index < -0.39 is 10.7 Å². The molecule has 1 amide bonds. The fourth-order valence-corrected chi connectivity index (χ4v) is 3.76. The summed E-state index contributed by atoms with van der Waals surface area (Å²) in [6, 6.07) is 11.1. The molecule has 1 aliphatic rings. The number of hydrogen-bond donors (Lipinski definition) is 1. The average molecular weight is 436 g/mol. The summed E-state index contributed by atoms with van der Waals surface area (Å²) in [5.41, 5.74) is 0.671. The third kappa shape index (κ3) is 5.14. The maximum absolute atomic E-state index is 13.1. The van der Waals surface area contributed by atoms with E-state index in [2.05, 4.69) is 5.32 Å². The van der Waals surface area contributed by atoms with E-state index in [9.17, 15) is 19.7 Å². The Labute approximate surface area is 179 Å². The molecule has 1 aliphatic heterocycles. The quantitative estimate of drug-likeness (QED) is 0.335. The first-order valence-electron chi connectivity index (χ1n) is 8.99. The summed E-state index contributed by atoms with van der Waals surface area (Å²) >= 11 is 1.25. The van der Waals surface area contributed by atoms with E-state index in [-0.39, 0.29) is 35.1 Å². The van der Waals surface area contributed by atoms with Gasteiger partial charge in [-0.3, -0.25) is 19.7 Å². The number of halogens is 1. The minimum absolute atomic E-state index is 0. The highest BCUT2D eigenvalue weighted by Gasteiger charge is 2.24. The highest BCUT2D eigenvalue weighted by Crippen LogP contribution is 2.29. The number of nitrogens with zero attached hydrogens (tertiary/aromatic N) is 2. The number of amides is 1. The first-order valence-corrected chi connectivity index (χ1v) is 10.2. The maximum atomic E-state index is 13.1. The summed E-state index contributed by atoms with van der Waals surface area (Å²) in [7, 11) is 0. The molecule has 0 unspecified atom stereocenters. The van der Waals surface area contributed by atoms with Gasteiger partial charge in [-0.2, -0.15) is 0 Å². The summed E-state index contributed by atoms with van der Waals surface area (Å²) in [4.78, 5) is 39.2. The van der Waals surface area contributed by atoms with E-state index in [0.717, 1.165) is 13.0 Å². The standard InChI is InChI=1S/C20H21N3O4S.ClH/c1-28-18-8-7-14(13-17(18)23(26)27)19(24)15-5-2-3-6-16(15)20(25)22-11-4-9-21-10-12-22;/h2-3,5-8,13,21H,4,9-12H2,1H3;1H. The zero-order valence-electron chi connectivity index (χ0n) is 15.9. The van der Waals surface area contributed by atoms with Gasteiger partial charge < -0.3 is 10.2 Å². The largest absolute Gasteiger partial charge is 0.337 e. The lowest BCUT2D eigenvalue weighted by Crippen LogP contribution is -2.35. The third-order valence-electron chi connectivity index (χ3n) is 4.67. The molecule has 154 valence electrons. The van der Waals surface area contributed by atoms with E-state index in [4.69, 9.17) is 0 Å². The van der Waals surface area contributed by atoms with Crippen LogP contribution in [0.2, 0.25) is 0 Å². The Morgan fingerprint density at radius 2 is 1.83 bits per heavy atom. The van der Waals surface area contributed by atoms with Gasteiger partial charge in [0.2, 0.25) is 0 Å². The van der Waals surface area contributed by atoms with Gasteiger partial charge in [0.1, 0.15) is 0 Å². The lowest BCUT2D eigenvalue weighted by Gasteiger charge is -2.21. The molecule has 0 spiro atoms. The molecule has 2 aromatic carbocycles. The Morgan fingerprint density at radius 1 is 1.10 bits per heavy atom. The van der Waals surface area contributed by atoms with Crippen molar-refractivity contribution in [1.82, 2.24) is 10.2 Å². The fraction of sp³-hybridized carbons (Fsp3) is 0.300. The lowest BCUT2D eigenvalue weighted by atomic mass is 9.97. The van der Waals surface area contributed by atoms with Crippen molar-refractivity contribution in [2.24, 2.45) is 0 Å². The Morgan fingerprint density at radius 3 is 2.52 bits per heavy atom. The van der Waals surface area contributed by atoms with Crippen LogP contribution in [-0.2, 0) is 0 Å². The van der Waals surface area contributed by atoms with Crippen molar-refractivity contribution < 1.29 is 14.5 Å². The third-order valence-corrected chi connectivity index (χ3v) is 5.45. The molecule has 9 heteroatoms. The van der Waals surface area contributed by atoms with Gasteiger partial charge in [0.15, 0.2) is 5.78 Å². The van der Waals surface area contributed by atoms with Crippen LogP contribution in [0.5, 0.6) is 0 Å². The van der Waals surface area contributed by atoms with Gasteiger partial charge in [0, 0.05) is 36.8 Å². The minimum Gasteiger partial charge on any atom is -0.337 e. The van der Waals surface area contributed by atoms with Crippen molar-refractivity contribution in [3.8, 4) is 0 Å². The summed E-state index contributed by atoms with van der Waals surface area (Å²) in [6.07, 6.45) is 2.60. The van der Waals surface area contributed by atoms with Crippen LogP contribution >= 0.6 is 24.2 Å². The number of ketones is 1. The van der Waals surface area contributed by atoms with E-state index >= 15 is 0 Å². The van der Waals surface area contributed by atoms with Crippen molar-refractivity contribution in [2.45, 2.75) is 11.3 Å². The van der Waals surface area contributed by atoms with Gasteiger partial charge in [-0.25, -0.2) is 0 Å². The number of carbonyl (C=O) groups is 2. The Bertz CT molecular complexity index is 914. The normalized spacial score (nSPS) is 13.9. The van der Waals surface area contributed by atoms with E-state index in [1.54, 1.807) is 47.6 Å². The van der Waals surface area contributed by atoms with Crippen LogP contribution in [0.15, 0.2) is 47.4 Å². The van der Waals surface area contributed by atoms with Gasteiger partial charge >= 0.3 is 0 Å². The second-order valence-corrected chi connectivity index (χ2v) is 7.26. The maximum Gasteiger partial charge on any atom is 0.283 e. The molecule has 0 aliphatic carbocycles. The molecule has 0 radical (unpaired) electrons. The van der Waals surface area contributed by atoms with Crippen molar-refractivity contribution in [2.75, 3.05) is 32.4 Å². The van der Waals surface area contributed by atoms with Crippen molar-refractivity contribution in [3.05, 3.63) is 69.3 Å². The second-order valence-electron chi connectivity index (χ2n) is 6.41. The van der Waals surface area contributed by atoms with Crippen LogP contribution in [0, 0.1) is 10.1 Å². The molecule has 1 heterocycles. The first-order chi connectivity index (χ1) is 13.5. The summed E-state index contributed by atoms with van der Waals surface area (Å²) in [6.45, 7) is 2.78. The van der Waals surface area contributed by atoms with E-state index in [0.29, 0.717) is 30.1 Å². The van der Waals surface area contributed by atoms with Gasteiger partial charge in [-0.15, -0.1) is 24.2 Å². The number of nitro groups is 1. The molecule has 0 saturated carbocycles. The molecule has 1 N–H and O–H groups in total. The number of nitrogens with one attached hydrogen (secondary N) is 1. The molecule has 1 fully saturated rings. The highest BCUT2D eigenvalue weighted by atomic mass is 35.5. The minimum atomic E-state index is -0.496. The molecule has 1 saturated heterocycles. The Balaban J connectivity index is 0.00000300. The number of thioether (sulfide) groups is 1. The van der Waals surface area contributed by atoms with Gasteiger partial charge in [0.25, 0.3) is 11.6 Å². The molecule has 0 aromatic heterocycles. The zero-order chi connectivity index (χ0) is 20.1. The van der Waals surface area contributed by atoms with Crippen LogP contribution in [0.1, 0.15) is 32.7 Å². The zero-order valence-corrected chi connectivity index (χ0v) is 17.6. The molecule has 2 aromatic rings. The van der Waals surface area contributed by atoms with Crippen molar-refractivity contribution in [3.63, 3.8) is 0 Å². The van der Waals surface area contributed by atoms with E-state index in [1.165, 1.54) is 17.8 Å². The highest BCUT2D eigenvalue weighted by molar-refractivity contribution is 7.98. The molecule has 7 nitrogen and oxygen atoms in total. The average Bonchev–Trinajstić information content (AvgIpc) is 3.01. The van der Waals surface area contributed by atoms with Gasteiger partial charge in [0.05, 0.1) is 15.4 Å². The van der Waals surface area contributed by atoms with Crippen LogP contribution in [0.3, 0.4) is 0 Å². The topological polar surface area (TPSA) is 92.6 Å². The molecule has 29 heavy (non-hydrogen) atoms. The van der Waals surface area contributed by atoms with Crippen molar-refractivity contribution in [1.29, 1.82) is 0 Å². The van der Waals surface area contributed by atoms with Crippen LogP contribution < -0.4 is 5.32 Å². The second kappa shape index (κ2) is 10.4. The number of carbonyl (C=O) groups excluding carboxylic acids is 2. The monoisotopic (exact) mass is 435 g/mol. The van der Waals surface area contributed by atoms with Gasteiger partial charge in [-0.1, -0.05) is 18.2 Å². The van der Waals surface area contributed by atoms with Crippen LogP contribution in [0.4, 0.5) is 5.69 Å². The van der Waals surface area contributed by atoms with Gasteiger partial charge in [-0.05, 0) is 37.4 Å². The SMILES string of the molecule is CSc1ccc(C(=O)c2ccccc2C(=O)N2CCCNCC2)cc1[N+](=O)[O-].Cl. The number of benzene rings is 2. The molecule has 0 bridgehead atoms. The Hall–Kier alpha value is -2.42. The Kier molecular flexibility index (Phi) is 8.19. The van der Waals surface area contributed by atoms with E-state index in [1.807, 2.05) is 0 Å². The van der Waals surface area contributed by atoms with Crippen LogP contribution in [0.25, 0.3) is 0 Å². The number of rotatable bonds is 5. The lowest BCUT2D eigenvalue weighted by molar-refractivity contribution is -0.387. The first kappa shape index (κ1) is 22.9. The predicted octanol–water partition coefficient (Wildman–Crippen LogP) is 3.41. The molecule has 0 atom stereocenters. The smallest absolute Gasteiger partial charge is 0.283 e. The van der Waals surface area contributed by atoms with Crippen LogP contribution in [-0.4, -0.2) is 53.9 Å². The van der Waals surface area contributed by atoms with Crippen molar-refractivity contribution >= 4 is 41.5 Å². The number of hydrogen-bond acceptors (Lipinski definition) is 6. The molecular weight excluding hydrogens is 414 g/mol. The summed E-state index contributed by atoms with van der Waals surface area (Å²) in [5, 5.41) is 14.6.